The van der Waals surface area contributed by atoms with Gasteiger partial charge in [0.25, 0.3) is 0 Å². The highest BCUT2D eigenvalue weighted by Crippen LogP contribution is 2.52. The Balaban J connectivity index is 1.72. The van der Waals surface area contributed by atoms with Crippen molar-refractivity contribution < 1.29 is 9.53 Å². The zero-order valence-electron chi connectivity index (χ0n) is 15.6. The van der Waals surface area contributed by atoms with Gasteiger partial charge in [0.1, 0.15) is 5.75 Å². The van der Waals surface area contributed by atoms with Crippen molar-refractivity contribution in [2.45, 2.75) is 24.5 Å². The van der Waals surface area contributed by atoms with E-state index in [1.807, 2.05) is 54.6 Å². The maximum absolute atomic E-state index is 13.8. The Morgan fingerprint density at radius 1 is 0.893 bits per heavy atom. The molecule has 138 valence electrons. The number of carbonyl (C=O) groups excluding carboxylic acids is 1. The Hall–Kier alpha value is -3.27. The highest BCUT2D eigenvalue weighted by molar-refractivity contribution is 6.08. The second-order valence-corrected chi connectivity index (χ2v) is 7.45. The highest BCUT2D eigenvalue weighted by Gasteiger charge is 2.60. The van der Waals surface area contributed by atoms with Crippen LogP contribution in [0, 0.1) is 6.92 Å². The molecule has 3 aromatic rings. The number of nitrogens with zero attached hydrogens (tertiary/aromatic N) is 2. The SMILES string of the molecule is Cc1ccc([C@@H]2CN=N[C@]23C(=O)c2ccccc2O[C@H]3c2ccccc2)cc1. The van der Waals surface area contributed by atoms with Crippen LogP contribution in [0.15, 0.2) is 89.1 Å². The molecule has 4 nitrogen and oxygen atoms in total. The molecular weight excluding hydrogens is 348 g/mol. The van der Waals surface area contributed by atoms with Gasteiger partial charge in [0, 0.05) is 5.92 Å². The Morgan fingerprint density at radius 2 is 1.61 bits per heavy atom. The number of aryl methyl sites for hydroxylation is 1. The maximum atomic E-state index is 13.8. The summed E-state index contributed by atoms with van der Waals surface area (Å²) in [6, 6.07) is 25.6. The van der Waals surface area contributed by atoms with E-state index in [0.29, 0.717) is 17.9 Å². The lowest BCUT2D eigenvalue weighted by molar-refractivity contribution is 0.0521. The highest BCUT2D eigenvalue weighted by atomic mass is 16.5. The molecule has 0 saturated heterocycles. The lowest BCUT2D eigenvalue weighted by Crippen LogP contribution is -2.51. The number of benzene rings is 3. The van der Waals surface area contributed by atoms with Crippen LogP contribution in [0.1, 0.15) is 39.1 Å². The number of rotatable bonds is 2. The lowest BCUT2D eigenvalue weighted by Gasteiger charge is -2.41. The number of para-hydroxylation sites is 1. The van der Waals surface area contributed by atoms with Crippen molar-refractivity contribution in [1.82, 2.24) is 0 Å². The smallest absolute Gasteiger partial charge is 0.200 e. The summed E-state index contributed by atoms with van der Waals surface area (Å²) in [4.78, 5) is 13.8. The standard InChI is InChI=1S/C24H20N2O2/c1-16-11-13-17(14-12-16)20-15-25-26-24(20)22(27)19-9-5-6-10-21(19)28-23(24)18-7-3-2-4-8-18/h2-14,20,23H,15H2,1H3/t20-,23-,24-/m0/s1. The summed E-state index contributed by atoms with van der Waals surface area (Å²) in [5.74, 6) is 0.422. The van der Waals surface area contributed by atoms with E-state index in [9.17, 15) is 4.79 Å². The predicted molar refractivity (Wildman–Crippen MR) is 107 cm³/mol. The van der Waals surface area contributed by atoms with Crippen LogP contribution in [0.3, 0.4) is 0 Å². The van der Waals surface area contributed by atoms with E-state index < -0.39 is 11.6 Å². The number of fused-ring (bicyclic) bond motifs is 1. The van der Waals surface area contributed by atoms with Gasteiger partial charge in [-0.2, -0.15) is 10.2 Å². The van der Waals surface area contributed by atoms with E-state index in [0.717, 1.165) is 11.1 Å². The first kappa shape index (κ1) is 16.9. The number of ketones is 1. The lowest BCUT2D eigenvalue weighted by atomic mass is 9.69. The molecule has 0 aliphatic carbocycles. The van der Waals surface area contributed by atoms with Crippen LogP contribution in [0.25, 0.3) is 0 Å². The minimum Gasteiger partial charge on any atom is -0.482 e. The van der Waals surface area contributed by atoms with Gasteiger partial charge in [0.2, 0.25) is 5.78 Å². The van der Waals surface area contributed by atoms with Gasteiger partial charge in [-0.3, -0.25) is 4.79 Å². The quantitative estimate of drug-likeness (QED) is 0.616. The van der Waals surface area contributed by atoms with Crippen LogP contribution in [-0.2, 0) is 0 Å². The first-order chi connectivity index (χ1) is 13.7. The van der Waals surface area contributed by atoms with Crippen LogP contribution in [0.4, 0.5) is 0 Å². The Labute approximate surface area is 163 Å². The Kier molecular flexibility index (Phi) is 3.86. The molecule has 0 unspecified atom stereocenters. The fourth-order valence-corrected chi connectivity index (χ4v) is 4.30. The minimum atomic E-state index is -1.09. The summed E-state index contributed by atoms with van der Waals surface area (Å²) in [7, 11) is 0. The van der Waals surface area contributed by atoms with Crippen molar-refractivity contribution in [1.29, 1.82) is 0 Å². The summed E-state index contributed by atoms with van der Waals surface area (Å²) < 4.78 is 6.43. The third-order valence-electron chi connectivity index (χ3n) is 5.75. The van der Waals surface area contributed by atoms with Gasteiger partial charge in [-0.05, 0) is 30.2 Å². The number of carbonyl (C=O) groups is 1. The van der Waals surface area contributed by atoms with Gasteiger partial charge in [0.05, 0.1) is 12.1 Å². The molecule has 5 rings (SSSR count). The summed E-state index contributed by atoms with van der Waals surface area (Å²) in [5, 5.41) is 8.96. The Bertz CT molecular complexity index is 1060. The van der Waals surface area contributed by atoms with Crippen molar-refractivity contribution in [2.24, 2.45) is 10.2 Å². The number of hydrogen-bond donors (Lipinski definition) is 0. The normalized spacial score (nSPS) is 25.5. The molecule has 0 amide bonds. The van der Waals surface area contributed by atoms with Crippen molar-refractivity contribution in [2.75, 3.05) is 6.54 Å². The van der Waals surface area contributed by atoms with E-state index in [4.69, 9.17) is 4.74 Å². The third-order valence-corrected chi connectivity index (χ3v) is 5.75. The fraction of sp³-hybridized carbons (Fsp3) is 0.208. The minimum absolute atomic E-state index is 0.0185. The number of ether oxygens (including phenoxy) is 1. The first-order valence-corrected chi connectivity index (χ1v) is 9.51. The maximum Gasteiger partial charge on any atom is 0.200 e. The van der Waals surface area contributed by atoms with Gasteiger partial charge in [-0.15, -0.1) is 0 Å². The monoisotopic (exact) mass is 368 g/mol. The molecule has 2 aliphatic rings. The molecule has 1 spiro atoms. The van der Waals surface area contributed by atoms with E-state index in [1.54, 1.807) is 0 Å². The van der Waals surface area contributed by atoms with Crippen LogP contribution >= 0.6 is 0 Å². The molecule has 3 atom stereocenters. The zero-order valence-corrected chi connectivity index (χ0v) is 15.6. The van der Waals surface area contributed by atoms with Crippen LogP contribution in [0.5, 0.6) is 5.75 Å². The van der Waals surface area contributed by atoms with Gasteiger partial charge in [-0.25, -0.2) is 0 Å². The predicted octanol–water partition coefficient (Wildman–Crippen LogP) is 5.30. The van der Waals surface area contributed by atoms with Crippen molar-refractivity contribution >= 4 is 5.78 Å². The average Bonchev–Trinajstić information content (AvgIpc) is 3.17. The number of Topliss-reactive ketones (excluding diaryl/α,β-unsaturated/α-hetero) is 1. The second kappa shape index (κ2) is 6.41. The van der Waals surface area contributed by atoms with Crippen molar-refractivity contribution in [3.8, 4) is 5.75 Å². The molecule has 28 heavy (non-hydrogen) atoms. The second-order valence-electron chi connectivity index (χ2n) is 7.45. The van der Waals surface area contributed by atoms with E-state index in [2.05, 4.69) is 41.4 Å². The van der Waals surface area contributed by atoms with Crippen molar-refractivity contribution in [3.63, 3.8) is 0 Å². The van der Waals surface area contributed by atoms with Crippen LogP contribution in [-0.4, -0.2) is 17.9 Å². The molecule has 2 aliphatic heterocycles. The molecule has 0 bridgehead atoms. The molecule has 0 N–H and O–H groups in total. The van der Waals surface area contributed by atoms with E-state index >= 15 is 0 Å². The molecule has 0 aromatic heterocycles. The number of azo groups is 1. The summed E-state index contributed by atoms with van der Waals surface area (Å²) >= 11 is 0. The third kappa shape index (κ3) is 2.41. The van der Waals surface area contributed by atoms with Gasteiger partial charge in [0.15, 0.2) is 11.6 Å². The van der Waals surface area contributed by atoms with Gasteiger partial charge < -0.3 is 4.74 Å². The van der Waals surface area contributed by atoms with Crippen molar-refractivity contribution in [3.05, 3.63) is 101 Å². The van der Waals surface area contributed by atoms with Crippen LogP contribution in [0.2, 0.25) is 0 Å². The molecule has 4 heteroatoms. The summed E-state index contributed by atoms with van der Waals surface area (Å²) in [6.45, 7) is 2.53. The first-order valence-electron chi connectivity index (χ1n) is 9.51. The largest absolute Gasteiger partial charge is 0.482 e. The molecule has 0 fully saturated rings. The molecule has 2 heterocycles. The fourth-order valence-electron chi connectivity index (χ4n) is 4.30. The summed E-state index contributed by atoms with van der Waals surface area (Å²) in [5.41, 5.74) is 2.66. The average molecular weight is 368 g/mol. The van der Waals surface area contributed by atoms with Gasteiger partial charge in [-0.1, -0.05) is 72.3 Å². The van der Waals surface area contributed by atoms with Gasteiger partial charge >= 0.3 is 0 Å². The van der Waals surface area contributed by atoms with E-state index in [-0.39, 0.29) is 11.7 Å². The molecular formula is C24H20N2O2. The van der Waals surface area contributed by atoms with Crippen LogP contribution < -0.4 is 4.74 Å². The molecule has 3 aromatic carbocycles. The molecule has 0 saturated carbocycles. The Morgan fingerprint density at radius 3 is 2.39 bits per heavy atom. The van der Waals surface area contributed by atoms with E-state index in [1.165, 1.54) is 5.56 Å². The number of hydrogen-bond acceptors (Lipinski definition) is 4. The topological polar surface area (TPSA) is 51.0 Å². The molecule has 0 radical (unpaired) electrons. The summed E-state index contributed by atoms with van der Waals surface area (Å²) in [6.07, 6.45) is -0.520. The zero-order chi connectivity index (χ0) is 19.1.